The van der Waals surface area contributed by atoms with Crippen molar-refractivity contribution in [3.8, 4) is 0 Å². The number of rotatable bonds is 0. The third-order valence-electron chi connectivity index (χ3n) is 3.83. The lowest BCUT2D eigenvalue weighted by atomic mass is 9.83. The molecule has 2 N–H and O–H groups in total. The van der Waals surface area contributed by atoms with Gasteiger partial charge in [-0.05, 0) is 34.4 Å². The Morgan fingerprint density at radius 2 is 1.88 bits per heavy atom. The highest BCUT2D eigenvalue weighted by molar-refractivity contribution is 6.35. The summed E-state index contributed by atoms with van der Waals surface area (Å²) in [7, 11) is 0. The van der Waals surface area contributed by atoms with Gasteiger partial charge in [-0.2, -0.15) is 0 Å². The first kappa shape index (κ1) is 11.1. The van der Waals surface area contributed by atoms with E-state index in [4.69, 9.17) is 17.3 Å². The van der Waals surface area contributed by atoms with Gasteiger partial charge in [0, 0.05) is 16.5 Å². The van der Waals surface area contributed by atoms with Gasteiger partial charge in [0.05, 0.1) is 0 Å². The summed E-state index contributed by atoms with van der Waals surface area (Å²) in [6, 6.07) is 10.5. The Kier molecular flexibility index (Phi) is 2.26. The SMILES string of the molecule is CC1(C)C[C@H](N)c2cc(Cl)c3ccccc3c21. The van der Waals surface area contributed by atoms with Crippen LogP contribution in [0.15, 0.2) is 30.3 Å². The quantitative estimate of drug-likeness (QED) is 0.741. The Labute approximate surface area is 107 Å². The molecule has 0 spiro atoms. The molecule has 2 heteroatoms. The van der Waals surface area contributed by atoms with Crippen molar-refractivity contribution >= 4 is 22.4 Å². The largest absolute Gasteiger partial charge is 0.324 e. The highest BCUT2D eigenvalue weighted by Crippen LogP contribution is 2.48. The van der Waals surface area contributed by atoms with Crippen LogP contribution in [0.1, 0.15) is 37.4 Å². The van der Waals surface area contributed by atoms with Crippen LogP contribution < -0.4 is 5.73 Å². The topological polar surface area (TPSA) is 26.0 Å². The van der Waals surface area contributed by atoms with Crippen LogP contribution in [-0.2, 0) is 5.41 Å². The standard InChI is InChI=1S/C15H16ClN/c1-15(2)8-13(17)11-7-12(16)9-5-3-4-6-10(9)14(11)15/h3-7,13H,8,17H2,1-2H3/t13-/m0/s1. The van der Waals surface area contributed by atoms with Gasteiger partial charge in [0.15, 0.2) is 0 Å². The van der Waals surface area contributed by atoms with E-state index in [0.29, 0.717) is 0 Å². The zero-order chi connectivity index (χ0) is 12.2. The normalized spacial score (nSPS) is 21.8. The van der Waals surface area contributed by atoms with Crippen LogP contribution >= 0.6 is 11.6 Å². The van der Waals surface area contributed by atoms with Crippen LogP contribution in [-0.4, -0.2) is 0 Å². The van der Waals surface area contributed by atoms with Gasteiger partial charge in [-0.1, -0.05) is 49.7 Å². The first-order chi connectivity index (χ1) is 8.00. The maximum absolute atomic E-state index is 6.34. The molecule has 0 radical (unpaired) electrons. The Morgan fingerprint density at radius 1 is 1.24 bits per heavy atom. The molecule has 2 aromatic rings. The molecule has 1 aliphatic carbocycles. The van der Waals surface area contributed by atoms with Crippen molar-refractivity contribution in [2.75, 3.05) is 0 Å². The van der Waals surface area contributed by atoms with Crippen LogP contribution in [0.4, 0.5) is 0 Å². The summed E-state index contributed by atoms with van der Waals surface area (Å²) >= 11 is 6.34. The van der Waals surface area contributed by atoms with Crippen molar-refractivity contribution in [3.63, 3.8) is 0 Å². The molecule has 0 amide bonds. The molecule has 0 aliphatic heterocycles. The Morgan fingerprint density at radius 3 is 2.59 bits per heavy atom. The predicted octanol–water partition coefficient (Wildman–Crippen LogP) is 4.17. The lowest BCUT2D eigenvalue weighted by molar-refractivity contribution is 0.483. The van der Waals surface area contributed by atoms with E-state index in [-0.39, 0.29) is 11.5 Å². The van der Waals surface area contributed by atoms with E-state index < -0.39 is 0 Å². The van der Waals surface area contributed by atoms with Gasteiger partial charge < -0.3 is 5.73 Å². The van der Waals surface area contributed by atoms with Gasteiger partial charge in [0.25, 0.3) is 0 Å². The number of hydrogen-bond donors (Lipinski definition) is 1. The van der Waals surface area contributed by atoms with Crippen molar-refractivity contribution in [2.24, 2.45) is 5.73 Å². The lowest BCUT2D eigenvalue weighted by Crippen LogP contribution is -2.14. The summed E-state index contributed by atoms with van der Waals surface area (Å²) in [5.74, 6) is 0. The molecule has 88 valence electrons. The van der Waals surface area contributed by atoms with Gasteiger partial charge in [0.1, 0.15) is 0 Å². The molecule has 0 saturated carbocycles. The van der Waals surface area contributed by atoms with Crippen molar-refractivity contribution in [1.29, 1.82) is 0 Å². The molecular weight excluding hydrogens is 230 g/mol. The van der Waals surface area contributed by atoms with Crippen LogP contribution in [0.5, 0.6) is 0 Å². The zero-order valence-corrected chi connectivity index (χ0v) is 10.9. The summed E-state index contributed by atoms with van der Waals surface area (Å²) in [5, 5.41) is 3.20. The summed E-state index contributed by atoms with van der Waals surface area (Å²) in [6.07, 6.45) is 0.993. The first-order valence-corrected chi connectivity index (χ1v) is 6.36. The van der Waals surface area contributed by atoms with E-state index in [0.717, 1.165) is 16.8 Å². The molecule has 3 rings (SSSR count). The molecule has 2 aromatic carbocycles. The summed E-state index contributed by atoms with van der Waals surface area (Å²) in [4.78, 5) is 0. The molecule has 17 heavy (non-hydrogen) atoms. The maximum Gasteiger partial charge on any atom is 0.0487 e. The number of benzene rings is 2. The number of fused-ring (bicyclic) bond motifs is 3. The van der Waals surface area contributed by atoms with Crippen molar-refractivity contribution < 1.29 is 0 Å². The van der Waals surface area contributed by atoms with Gasteiger partial charge in [0.2, 0.25) is 0 Å². The third kappa shape index (κ3) is 1.50. The second kappa shape index (κ2) is 3.47. The molecule has 1 nitrogen and oxygen atoms in total. The van der Waals surface area contributed by atoms with Gasteiger partial charge in [-0.15, -0.1) is 0 Å². The zero-order valence-electron chi connectivity index (χ0n) is 10.1. The molecular formula is C15H16ClN. The predicted molar refractivity (Wildman–Crippen MR) is 73.5 cm³/mol. The Hall–Kier alpha value is -1.05. The van der Waals surface area contributed by atoms with Crippen LogP contribution in [0.3, 0.4) is 0 Å². The van der Waals surface area contributed by atoms with Crippen molar-refractivity contribution in [1.82, 2.24) is 0 Å². The van der Waals surface area contributed by atoms with Crippen LogP contribution in [0.2, 0.25) is 5.02 Å². The summed E-state index contributed by atoms with van der Waals surface area (Å²) in [5.41, 5.74) is 8.96. The molecule has 0 fully saturated rings. The van der Waals surface area contributed by atoms with Crippen molar-refractivity contribution in [3.05, 3.63) is 46.5 Å². The minimum absolute atomic E-state index is 0.113. The molecule has 1 aliphatic rings. The van der Waals surface area contributed by atoms with Gasteiger partial charge in [-0.3, -0.25) is 0 Å². The monoisotopic (exact) mass is 245 g/mol. The fraction of sp³-hybridized carbons (Fsp3) is 0.333. The fourth-order valence-electron chi connectivity index (χ4n) is 3.16. The fourth-order valence-corrected chi connectivity index (χ4v) is 3.44. The van der Waals surface area contributed by atoms with E-state index in [9.17, 15) is 0 Å². The maximum atomic E-state index is 6.34. The van der Waals surface area contributed by atoms with Gasteiger partial charge in [-0.25, -0.2) is 0 Å². The molecule has 0 heterocycles. The average Bonchev–Trinajstić information content (AvgIpc) is 2.49. The number of hydrogen-bond acceptors (Lipinski definition) is 1. The van der Waals surface area contributed by atoms with Crippen LogP contribution in [0, 0.1) is 0 Å². The van der Waals surface area contributed by atoms with Crippen molar-refractivity contribution in [2.45, 2.75) is 31.7 Å². The Balaban J connectivity index is 2.47. The highest BCUT2D eigenvalue weighted by Gasteiger charge is 2.36. The van der Waals surface area contributed by atoms with E-state index in [1.807, 2.05) is 6.07 Å². The molecule has 0 unspecified atom stereocenters. The lowest BCUT2D eigenvalue weighted by Gasteiger charge is -2.21. The smallest absolute Gasteiger partial charge is 0.0487 e. The second-order valence-corrected chi connectivity index (χ2v) is 5.97. The second-order valence-electron chi connectivity index (χ2n) is 5.56. The highest BCUT2D eigenvalue weighted by atomic mass is 35.5. The van der Waals surface area contributed by atoms with E-state index in [2.05, 4.69) is 38.1 Å². The summed E-state index contributed by atoms with van der Waals surface area (Å²) < 4.78 is 0. The van der Waals surface area contributed by atoms with Gasteiger partial charge >= 0.3 is 0 Å². The minimum atomic E-state index is 0.113. The van der Waals surface area contributed by atoms with E-state index >= 15 is 0 Å². The van der Waals surface area contributed by atoms with Crippen LogP contribution in [0.25, 0.3) is 10.8 Å². The van der Waals surface area contributed by atoms with E-state index in [1.54, 1.807) is 0 Å². The van der Waals surface area contributed by atoms with E-state index in [1.165, 1.54) is 16.5 Å². The summed E-state index contributed by atoms with van der Waals surface area (Å²) in [6.45, 7) is 4.53. The molecule has 1 atom stereocenters. The number of nitrogens with two attached hydrogens (primary N) is 1. The number of halogens is 1. The average molecular weight is 246 g/mol. The Bertz CT molecular complexity index is 601. The minimum Gasteiger partial charge on any atom is -0.324 e. The third-order valence-corrected chi connectivity index (χ3v) is 4.14. The molecule has 0 bridgehead atoms. The molecule has 0 aromatic heterocycles. The molecule has 0 saturated heterocycles. The first-order valence-electron chi connectivity index (χ1n) is 5.98.